The van der Waals surface area contributed by atoms with Crippen molar-refractivity contribution < 1.29 is 13.9 Å². The van der Waals surface area contributed by atoms with Gasteiger partial charge in [0.1, 0.15) is 6.61 Å². The molecule has 2 aromatic rings. The van der Waals surface area contributed by atoms with Gasteiger partial charge in [-0.05, 0) is 55.9 Å². The van der Waals surface area contributed by atoms with E-state index >= 15 is 0 Å². The standard InChI is InChI=1S/C18H20O4/c1-11(2)10-21-17-15(20-3)9-8-13-12-6-4-5-7-14(12)18(19)22-16(13)17/h8-9H,1,4-7,10H2,2-3H3. The van der Waals surface area contributed by atoms with Gasteiger partial charge in [-0.25, -0.2) is 4.79 Å². The van der Waals surface area contributed by atoms with Gasteiger partial charge in [0.15, 0.2) is 11.3 Å². The molecule has 0 saturated carbocycles. The molecule has 1 aromatic heterocycles. The first-order chi connectivity index (χ1) is 10.6. The molecule has 0 N–H and O–H groups in total. The number of benzene rings is 1. The van der Waals surface area contributed by atoms with Crippen molar-refractivity contribution in [3.05, 3.63) is 45.8 Å². The molecule has 1 heterocycles. The van der Waals surface area contributed by atoms with Crippen molar-refractivity contribution in [3.63, 3.8) is 0 Å². The molecular weight excluding hydrogens is 280 g/mol. The molecule has 0 unspecified atom stereocenters. The van der Waals surface area contributed by atoms with E-state index in [-0.39, 0.29) is 5.63 Å². The zero-order valence-corrected chi connectivity index (χ0v) is 13.0. The van der Waals surface area contributed by atoms with Gasteiger partial charge in [0.05, 0.1) is 7.11 Å². The number of ether oxygens (including phenoxy) is 2. The molecular formula is C18H20O4. The molecule has 0 aliphatic heterocycles. The fourth-order valence-corrected chi connectivity index (χ4v) is 2.96. The second kappa shape index (κ2) is 5.87. The van der Waals surface area contributed by atoms with E-state index in [9.17, 15) is 4.79 Å². The highest BCUT2D eigenvalue weighted by Crippen LogP contribution is 2.38. The fourth-order valence-electron chi connectivity index (χ4n) is 2.96. The second-order valence-electron chi connectivity index (χ2n) is 5.77. The molecule has 4 heteroatoms. The zero-order chi connectivity index (χ0) is 15.7. The number of methoxy groups -OCH3 is 1. The molecule has 3 rings (SSSR count). The number of hydrogen-bond acceptors (Lipinski definition) is 4. The predicted octanol–water partition coefficient (Wildman–Crippen LogP) is 3.64. The second-order valence-corrected chi connectivity index (χ2v) is 5.77. The van der Waals surface area contributed by atoms with Crippen molar-refractivity contribution >= 4 is 11.0 Å². The lowest BCUT2D eigenvalue weighted by Crippen LogP contribution is -2.16. The summed E-state index contributed by atoms with van der Waals surface area (Å²) < 4.78 is 16.7. The monoisotopic (exact) mass is 300 g/mol. The van der Waals surface area contributed by atoms with Gasteiger partial charge >= 0.3 is 5.63 Å². The van der Waals surface area contributed by atoms with Crippen LogP contribution < -0.4 is 15.1 Å². The normalized spacial score (nSPS) is 13.7. The average Bonchev–Trinajstić information content (AvgIpc) is 2.52. The quantitative estimate of drug-likeness (QED) is 0.639. The van der Waals surface area contributed by atoms with Crippen molar-refractivity contribution in [2.45, 2.75) is 32.6 Å². The van der Waals surface area contributed by atoms with Crippen LogP contribution in [0.15, 0.2) is 33.5 Å². The Kier molecular flexibility index (Phi) is 3.92. The third-order valence-electron chi connectivity index (χ3n) is 3.99. The molecule has 0 radical (unpaired) electrons. The molecule has 1 aliphatic carbocycles. The lowest BCUT2D eigenvalue weighted by Gasteiger charge is -2.18. The van der Waals surface area contributed by atoms with Gasteiger partial charge in [-0.1, -0.05) is 6.58 Å². The maximum Gasteiger partial charge on any atom is 0.339 e. The first kappa shape index (κ1) is 14.7. The van der Waals surface area contributed by atoms with Crippen LogP contribution in [0, 0.1) is 0 Å². The van der Waals surface area contributed by atoms with Crippen LogP contribution in [0.25, 0.3) is 11.0 Å². The van der Waals surface area contributed by atoms with Gasteiger partial charge in [0, 0.05) is 10.9 Å². The van der Waals surface area contributed by atoms with Crippen molar-refractivity contribution in [1.29, 1.82) is 0 Å². The van der Waals surface area contributed by atoms with E-state index in [4.69, 9.17) is 13.9 Å². The average molecular weight is 300 g/mol. The van der Waals surface area contributed by atoms with Crippen LogP contribution >= 0.6 is 0 Å². The Morgan fingerprint density at radius 3 is 2.68 bits per heavy atom. The van der Waals surface area contributed by atoms with E-state index in [0.717, 1.165) is 47.8 Å². The van der Waals surface area contributed by atoms with E-state index < -0.39 is 0 Å². The third kappa shape index (κ3) is 2.49. The molecule has 0 atom stereocenters. The van der Waals surface area contributed by atoms with Gasteiger partial charge in [-0.2, -0.15) is 0 Å². The lowest BCUT2D eigenvalue weighted by molar-refractivity contribution is 0.317. The molecule has 1 aromatic carbocycles. The Hall–Kier alpha value is -2.23. The highest BCUT2D eigenvalue weighted by molar-refractivity contribution is 5.89. The van der Waals surface area contributed by atoms with Gasteiger partial charge in [0.2, 0.25) is 5.75 Å². The third-order valence-corrected chi connectivity index (χ3v) is 3.99. The van der Waals surface area contributed by atoms with Crippen molar-refractivity contribution in [2.24, 2.45) is 0 Å². The molecule has 0 saturated heterocycles. The summed E-state index contributed by atoms with van der Waals surface area (Å²) in [6.07, 6.45) is 3.84. The number of fused-ring (bicyclic) bond motifs is 3. The van der Waals surface area contributed by atoms with Crippen LogP contribution in [0.1, 0.15) is 30.9 Å². The molecule has 22 heavy (non-hydrogen) atoms. The maximum absolute atomic E-state index is 12.3. The van der Waals surface area contributed by atoms with Crippen LogP contribution in [-0.2, 0) is 12.8 Å². The molecule has 1 aliphatic rings. The van der Waals surface area contributed by atoms with Gasteiger partial charge in [-0.15, -0.1) is 0 Å². The van der Waals surface area contributed by atoms with Gasteiger partial charge < -0.3 is 13.9 Å². The largest absolute Gasteiger partial charge is 0.493 e. The van der Waals surface area contributed by atoms with E-state index in [0.29, 0.717) is 23.7 Å². The topological polar surface area (TPSA) is 48.7 Å². The van der Waals surface area contributed by atoms with Crippen molar-refractivity contribution in [1.82, 2.24) is 0 Å². The molecule has 0 amide bonds. The SMILES string of the molecule is C=C(C)COc1c(OC)ccc2c3c(c(=O)oc12)CCCC3. The number of hydrogen-bond donors (Lipinski definition) is 0. The summed E-state index contributed by atoms with van der Waals surface area (Å²) in [5.74, 6) is 1.04. The minimum absolute atomic E-state index is 0.254. The summed E-state index contributed by atoms with van der Waals surface area (Å²) in [6.45, 7) is 6.08. The molecule has 0 fully saturated rings. The van der Waals surface area contributed by atoms with Crippen LogP contribution in [0.3, 0.4) is 0 Å². The minimum Gasteiger partial charge on any atom is -0.493 e. The summed E-state index contributed by atoms with van der Waals surface area (Å²) in [5, 5.41) is 0.951. The van der Waals surface area contributed by atoms with Crippen LogP contribution in [-0.4, -0.2) is 13.7 Å². The maximum atomic E-state index is 12.3. The van der Waals surface area contributed by atoms with Crippen LogP contribution in [0.4, 0.5) is 0 Å². The van der Waals surface area contributed by atoms with E-state index in [2.05, 4.69) is 6.58 Å². The number of rotatable bonds is 4. The summed E-state index contributed by atoms with van der Waals surface area (Å²) in [7, 11) is 1.57. The summed E-state index contributed by atoms with van der Waals surface area (Å²) >= 11 is 0. The van der Waals surface area contributed by atoms with Crippen molar-refractivity contribution in [2.75, 3.05) is 13.7 Å². The number of aryl methyl sites for hydroxylation is 1. The summed E-state index contributed by atoms with van der Waals surface area (Å²) in [6, 6.07) is 3.82. The van der Waals surface area contributed by atoms with Crippen LogP contribution in [0.2, 0.25) is 0 Å². The summed E-state index contributed by atoms with van der Waals surface area (Å²) in [5.41, 5.74) is 3.02. The van der Waals surface area contributed by atoms with Crippen LogP contribution in [0.5, 0.6) is 11.5 Å². The smallest absolute Gasteiger partial charge is 0.339 e. The Morgan fingerprint density at radius 1 is 1.27 bits per heavy atom. The highest BCUT2D eigenvalue weighted by Gasteiger charge is 2.22. The lowest BCUT2D eigenvalue weighted by atomic mass is 9.90. The predicted molar refractivity (Wildman–Crippen MR) is 86.0 cm³/mol. The Bertz CT molecular complexity index is 786. The minimum atomic E-state index is -0.254. The van der Waals surface area contributed by atoms with E-state index in [1.807, 2.05) is 19.1 Å². The van der Waals surface area contributed by atoms with E-state index in [1.165, 1.54) is 0 Å². The van der Waals surface area contributed by atoms with Gasteiger partial charge in [-0.3, -0.25) is 0 Å². The first-order valence-corrected chi connectivity index (χ1v) is 7.54. The molecule has 116 valence electrons. The summed E-state index contributed by atoms with van der Waals surface area (Å²) in [4.78, 5) is 12.3. The molecule has 4 nitrogen and oxygen atoms in total. The first-order valence-electron chi connectivity index (χ1n) is 7.54. The zero-order valence-electron chi connectivity index (χ0n) is 13.0. The Morgan fingerprint density at radius 2 is 2.00 bits per heavy atom. The van der Waals surface area contributed by atoms with Crippen molar-refractivity contribution in [3.8, 4) is 11.5 Å². The highest BCUT2D eigenvalue weighted by atomic mass is 16.5. The molecule has 0 bridgehead atoms. The molecule has 0 spiro atoms. The fraction of sp³-hybridized carbons (Fsp3) is 0.389. The Balaban J connectivity index is 2.24. The van der Waals surface area contributed by atoms with Gasteiger partial charge in [0.25, 0.3) is 0 Å². The Labute approximate surface area is 129 Å². The van der Waals surface area contributed by atoms with E-state index in [1.54, 1.807) is 7.11 Å².